The van der Waals surface area contributed by atoms with Gasteiger partial charge in [0.1, 0.15) is 6.04 Å². The average molecular weight is 422 g/mol. The summed E-state index contributed by atoms with van der Waals surface area (Å²) in [5, 5.41) is 0. The molecule has 31 heavy (non-hydrogen) atoms. The van der Waals surface area contributed by atoms with Gasteiger partial charge in [0.25, 0.3) is 5.91 Å². The first-order valence-electron chi connectivity index (χ1n) is 10.9. The van der Waals surface area contributed by atoms with E-state index in [0.717, 1.165) is 11.1 Å². The molecule has 0 unspecified atom stereocenters. The van der Waals surface area contributed by atoms with Gasteiger partial charge in [-0.15, -0.1) is 0 Å². The number of amides is 1. The quantitative estimate of drug-likeness (QED) is 0.492. The summed E-state index contributed by atoms with van der Waals surface area (Å²) < 4.78 is 5.60. The summed E-state index contributed by atoms with van der Waals surface area (Å²) in [5.74, 6) is -1.37. The number of Topliss-reactive ketones (excluding diaryl/α,β-unsaturated/α-hetero) is 1. The van der Waals surface area contributed by atoms with E-state index in [4.69, 9.17) is 4.74 Å². The minimum atomic E-state index is -0.771. The van der Waals surface area contributed by atoms with Crippen molar-refractivity contribution in [2.75, 3.05) is 13.2 Å². The minimum Gasteiger partial charge on any atom is -0.464 e. The number of benzene rings is 2. The van der Waals surface area contributed by atoms with E-state index in [1.54, 1.807) is 20.8 Å². The van der Waals surface area contributed by atoms with Crippen molar-refractivity contribution in [3.8, 4) is 0 Å². The third-order valence-electron chi connectivity index (χ3n) is 5.72. The van der Waals surface area contributed by atoms with E-state index in [-0.39, 0.29) is 12.5 Å². The predicted molar refractivity (Wildman–Crippen MR) is 120 cm³/mol. The Morgan fingerprint density at radius 2 is 1.52 bits per heavy atom. The van der Waals surface area contributed by atoms with E-state index >= 15 is 0 Å². The molecule has 1 aliphatic rings. The lowest BCUT2D eigenvalue weighted by Crippen LogP contribution is -2.47. The monoisotopic (exact) mass is 421 g/mol. The highest BCUT2D eigenvalue weighted by Gasteiger charge is 2.40. The highest BCUT2D eigenvalue weighted by Crippen LogP contribution is 2.28. The summed E-state index contributed by atoms with van der Waals surface area (Å²) in [7, 11) is 0. The Bertz CT molecular complexity index is 863. The number of carbonyl (C=O) groups is 3. The number of likely N-dealkylation sites (tertiary alicyclic amines) is 1. The van der Waals surface area contributed by atoms with Gasteiger partial charge in [-0.1, -0.05) is 81.4 Å². The summed E-state index contributed by atoms with van der Waals surface area (Å²) >= 11 is 0. The second-order valence-corrected chi connectivity index (χ2v) is 9.07. The maximum Gasteiger partial charge on any atom is 0.328 e. The molecule has 1 aliphatic heterocycles. The van der Waals surface area contributed by atoms with Crippen molar-refractivity contribution in [2.24, 2.45) is 5.41 Å². The van der Waals surface area contributed by atoms with Crippen LogP contribution < -0.4 is 0 Å². The topological polar surface area (TPSA) is 63.7 Å². The van der Waals surface area contributed by atoms with Crippen molar-refractivity contribution in [2.45, 2.75) is 52.0 Å². The second kappa shape index (κ2) is 9.90. The molecule has 1 heterocycles. The summed E-state index contributed by atoms with van der Waals surface area (Å²) in [5.41, 5.74) is 1.56. The summed E-state index contributed by atoms with van der Waals surface area (Å²) in [4.78, 5) is 39.2. The van der Waals surface area contributed by atoms with Crippen LogP contribution in [0.4, 0.5) is 0 Å². The van der Waals surface area contributed by atoms with E-state index in [2.05, 4.69) is 24.3 Å². The van der Waals surface area contributed by atoms with Crippen molar-refractivity contribution in [1.82, 2.24) is 4.90 Å². The van der Waals surface area contributed by atoms with Crippen molar-refractivity contribution in [3.05, 3.63) is 71.8 Å². The smallest absolute Gasteiger partial charge is 0.328 e. The van der Waals surface area contributed by atoms with Crippen molar-refractivity contribution >= 4 is 17.7 Å². The Morgan fingerprint density at radius 1 is 0.968 bits per heavy atom. The fourth-order valence-corrected chi connectivity index (χ4v) is 3.98. The van der Waals surface area contributed by atoms with E-state index in [1.165, 1.54) is 4.90 Å². The van der Waals surface area contributed by atoms with Gasteiger partial charge >= 0.3 is 5.97 Å². The summed E-state index contributed by atoms with van der Waals surface area (Å²) in [6, 6.07) is 19.6. The average Bonchev–Trinajstić information content (AvgIpc) is 3.26. The van der Waals surface area contributed by atoms with Crippen LogP contribution in [-0.4, -0.2) is 41.8 Å². The van der Waals surface area contributed by atoms with Gasteiger partial charge in [0, 0.05) is 17.9 Å². The van der Waals surface area contributed by atoms with Crippen LogP contribution >= 0.6 is 0 Å². The van der Waals surface area contributed by atoms with Gasteiger partial charge in [0.15, 0.2) is 0 Å². The largest absolute Gasteiger partial charge is 0.464 e. The van der Waals surface area contributed by atoms with Crippen LogP contribution in [0, 0.1) is 5.41 Å². The fourth-order valence-electron chi connectivity index (χ4n) is 3.98. The number of nitrogens with zero attached hydrogens (tertiary/aromatic N) is 1. The number of rotatable bonds is 7. The van der Waals surface area contributed by atoms with Gasteiger partial charge in [0.05, 0.1) is 6.61 Å². The standard InChI is InChI=1S/C26H31NO4/c1-26(2,3)23(28)24(29)27-17-10-15-22(27)25(30)31-18-16-21(19-11-6-4-7-12-19)20-13-8-5-9-14-20/h4-9,11-14,21-22H,10,15-18H2,1-3H3/t22-/m0/s1. The highest BCUT2D eigenvalue weighted by atomic mass is 16.5. The molecule has 0 spiro atoms. The Kier molecular flexibility index (Phi) is 7.26. The van der Waals surface area contributed by atoms with E-state index in [9.17, 15) is 14.4 Å². The van der Waals surface area contributed by atoms with Gasteiger partial charge in [-0.3, -0.25) is 9.59 Å². The van der Waals surface area contributed by atoms with Crippen molar-refractivity contribution < 1.29 is 19.1 Å². The van der Waals surface area contributed by atoms with Gasteiger partial charge in [0.2, 0.25) is 5.78 Å². The highest BCUT2D eigenvalue weighted by molar-refractivity contribution is 6.38. The summed E-state index contributed by atoms with van der Waals surface area (Å²) in [6.07, 6.45) is 1.86. The van der Waals surface area contributed by atoms with Crippen LogP contribution in [0.1, 0.15) is 57.1 Å². The van der Waals surface area contributed by atoms with E-state index < -0.39 is 29.1 Å². The molecule has 0 radical (unpaired) electrons. The van der Waals surface area contributed by atoms with Crippen LogP contribution in [0.5, 0.6) is 0 Å². The molecule has 164 valence electrons. The maximum atomic E-state index is 12.8. The van der Waals surface area contributed by atoms with E-state index in [0.29, 0.717) is 25.8 Å². The number of ether oxygens (including phenoxy) is 1. The van der Waals surface area contributed by atoms with Gasteiger partial charge in [-0.25, -0.2) is 4.79 Å². The summed E-state index contributed by atoms with van der Waals surface area (Å²) in [6.45, 7) is 5.80. The van der Waals surface area contributed by atoms with Gasteiger partial charge in [-0.2, -0.15) is 0 Å². The molecular formula is C26H31NO4. The van der Waals surface area contributed by atoms with Crippen molar-refractivity contribution in [1.29, 1.82) is 0 Å². The second-order valence-electron chi connectivity index (χ2n) is 9.07. The number of ketones is 1. The molecule has 0 aromatic heterocycles. The molecule has 5 nitrogen and oxygen atoms in total. The molecule has 0 N–H and O–H groups in total. The zero-order valence-corrected chi connectivity index (χ0v) is 18.5. The molecule has 0 saturated carbocycles. The van der Waals surface area contributed by atoms with Crippen LogP contribution in [0.2, 0.25) is 0 Å². The minimum absolute atomic E-state index is 0.110. The van der Waals surface area contributed by atoms with Crippen LogP contribution in [0.25, 0.3) is 0 Å². The Hall–Kier alpha value is -2.95. The first-order valence-corrected chi connectivity index (χ1v) is 10.9. The normalized spacial score (nSPS) is 16.4. The lowest BCUT2D eigenvalue weighted by Gasteiger charge is -2.26. The molecule has 1 atom stereocenters. The number of hydrogen-bond donors (Lipinski definition) is 0. The van der Waals surface area contributed by atoms with Gasteiger partial charge < -0.3 is 9.64 Å². The third kappa shape index (κ3) is 5.60. The molecule has 3 rings (SSSR count). The molecule has 1 amide bonds. The van der Waals surface area contributed by atoms with Crippen molar-refractivity contribution in [3.63, 3.8) is 0 Å². The van der Waals surface area contributed by atoms with Crippen LogP contribution in [-0.2, 0) is 19.1 Å². The molecule has 2 aromatic carbocycles. The van der Waals surface area contributed by atoms with Crippen LogP contribution in [0.15, 0.2) is 60.7 Å². The lowest BCUT2D eigenvalue weighted by atomic mass is 9.89. The van der Waals surface area contributed by atoms with Gasteiger partial charge in [-0.05, 0) is 30.4 Å². The Morgan fingerprint density at radius 3 is 2.03 bits per heavy atom. The molecule has 0 aliphatic carbocycles. The van der Waals surface area contributed by atoms with Crippen LogP contribution in [0.3, 0.4) is 0 Å². The number of esters is 1. The number of carbonyl (C=O) groups excluding carboxylic acids is 3. The first kappa shape index (κ1) is 22.7. The van der Waals surface area contributed by atoms with E-state index in [1.807, 2.05) is 36.4 Å². The molecule has 1 saturated heterocycles. The molecule has 1 fully saturated rings. The number of hydrogen-bond acceptors (Lipinski definition) is 4. The lowest BCUT2D eigenvalue weighted by molar-refractivity contribution is -0.157. The predicted octanol–water partition coefficient (Wildman–Crippen LogP) is 4.36. The molecule has 2 aromatic rings. The first-order chi connectivity index (χ1) is 14.8. The Labute approximate surface area is 184 Å². The fraction of sp³-hybridized carbons (Fsp3) is 0.423. The molecule has 5 heteroatoms. The zero-order chi connectivity index (χ0) is 22.4. The molecular weight excluding hydrogens is 390 g/mol. The third-order valence-corrected chi connectivity index (χ3v) is 5.72. The maximum absolute atomic E-state index is 12.8. The SMILES string of the molecule is CC(C)(C)C(=O)C(=O)N1CCC[C@H]1C(=O)OCCC(c1ccccc1)c1ccccc1. The molecule has 0 bridgehead atoms. The zero-order valence-electron chi connectivity index (χ0n) is 18.5. The Balaban J connectivity index is 1.64.